The molecule has 0 atom stereocenters. The largest absolute Gasteiger partial charge is 0.473 e. The minimum Gasteiger partial charge on any atom is -0.473 e. The van der Waals surface area contributed by atoms with Gasteiger partial charge in [-0.15, -0.1) is 0 Å². The van der Waals surface area contributed by atoms with Gasteiger partial charge in [-0.3, -0.25) is 0 Å². The number of aromatic nitrogens is 2. The number of anilines is 1. The SMILES string of the molecule is Cn1c(C2CC2)nc2c1NCCO2. The second-order valence-corrected chi connectivity index (χ2v) is 3.73. The first kappa shape index (κ1) is 7.24. The fourth-order valence-corrected chi connectivity index (χ4v) is 1.81. The average molecular weight is 179 g/mol. The highest BCUT2D eigenvalue weighted by atomic mass is 16.5. The number of rotatable bonds is 1. The molecule has 4 nitrogen and oxygen atoms in total. The van der Waals surface area contributed by atoms with E-state index in [1.807, 2.05) is 0 Å². The number of hydrogen-bond acceptors (Lipinski definition) is 3. The highest BCUT2D eigenvalue weighted by Gasteiger charge is 2.31. The second kappa shape index (κ2) is 2.40. The van der Waals surface area contributed by atoms with Gasteiger partial charge >= 0.3 is 0 Å². The zero-order valence-corrected chi connectivity index (χ0v) is 7.71. The molecular formula is C9H13N3O. The lowest BCUT2D eigenvalue weighted by Gasteiger charge is -2.14. The van der Waals surface area contributed by atoms with Crippen molar-refractivity contribution in [1.29, 1.82) is 0 Å². The number of nitrogens with one attached hydrogen (secondary N) is 1. The second-order valence-electron chi connectivity index (χ2n) is 3.73. The Labute approximate surface area is 76.9 Å². The van der Waals surface area contributed by atoms with Crippen LogP contribution in [0.15, 0.2) is 0 Å². The Morgan fingerprint density at radius 2 is 2.38 bits per heavy atom. The van der Waals surface area contributed by atoms with E-state index in [2.05, 4.69) is 21.9 Å². The third-order valence-electron chi connectivity index (χ3n) is 2.67. The van der Waals surface area contributed by atoms with Gasteiger partial charge in [0.25, 0.3) is 5.88 Å². The monoisotopic (exact) mass is 179 g/mol. The van der Waals surface area contributed by atoms with E-state index in [1.54, 1.807) is 0 Å². The van der Waals surface area contributed by atoms with Crippen molar-refractivity contribution < 1.29 is 4.74 Å². The van der Waals surface area contributed by atoms with Crippen molar-refractivity contribution in [2.75, 3.05) is 18.5 Å². The Bertz CT molecular complexity index is 341. The van der Waals surface area contributed by atoms with Crippen LogP contribution in [0, 0.1) is 0 Å². The molecule has 0 radical (unpaired) electrons. The zero-order valence-electron chi connectivity index (χ0n) is 7.71. The van der Waals surface area contributed by atoms with Crippen molar-refractivity contribution in [3.8, 4) is 5.88 Å². The van der Waals surface area contributed by atoms with Crippen LogP contribution in [-0.4, -0.2) is 22.7 Å². The van der Waals surface area contributed by atoms with Crippen LogP contribution >= 0.6 is 0 Å². The molecule has 0 spiro atoms. The number of ether oxygens (including phenoxy) is 1. The van der Waals surface area contributed by atoms with Crippen LogP contribution < -0.4 is 10.1 Å². The Hall–Kier alpha value is -1.19. The van der Waals surface area contributed by atoms with E-state index in [-0.39, 0.29) is 0 Å². The molecule has 1 aliphatic heterocycles. The summed E-state index contributed by atoms with van der Waals surface area (Å²) >= 11 is 0. The van der Waals surface area contributed by atoms with Gasteiger partial charge in [0.2, 0.25) is 0 Å². The molecule has 1 aromatic rings. The van der Waals surface area contributed by atoms with Crippen molar-refractivity contribution in [1.82, 2.24) is 9.55 Å². The van der Waals surface area contributed by atoms with E-state index in [0.717, 1.165) is 24.8 Å². The molecule has 0 aromatic carbocycles. The molecule has 1 saturated carbocycles. The minimum absolute atomic E-state index is 0.681. The molecule has 0 bridgehead atoms. The summed E-state index contributed by atoms with van der Waals surface area (Å²) in [5, 5.41) is 3.31. The molecular weight excluding hydrogens is 166 g/mol. The van der Waals surface area contributed by atoms with Gasteiger partial charge in [0.05, 0.1) is 6.54 Å². The number of fused-ring (bicyclic) bond motifs is 1. The van der Waals surface area contributed by atoms with Crippen LogP contribution in [0.3, 0.4) is 0 Å². The third-order valence-corrected chi connectivity index (χ3v) is 2.67. The van der Waals surface area contributed by atoms with Crippen LogP contribution in [0.25, 0.3) is 0 Å². The average Bonchev–Trinajstić information content (AvgIpc) is 2.94. The minimum atomic E-state index is 0.681. The smallest absolute Gasteiger partial charge is 0.257 e. The van der Waals surface area contributed by atoms with Gasteiger partial charge in [0, 0.05) is 13.0 Å². The van der Waals surface area contributed by atoms with Crippen LogP contribution in [0.1, 0.15) is 24.6 Å². The quantitative estimate of drug-likeness (QED) is 0.701. The fourth-order valence-electron chi connectivity index (χ4n) is 1.81. The standard InChI is InChI=1S/C9H13N3O/c1-12-7(6-2-3-6)11-9-8(12)10-4-5-13-9/h6,10H,2-5H2,1H3. The van der Waals surface area contributed by atoms with Gasteiger partial charge in [-0.25, -0.2) is 0 Å². The fraction of sp³-hybridized carbons (Fsp3) is 0.667. The topological polar surface area (TPSA) is 39.1 Å². The highest BCUT2D eigenvalue weighted by molar-refractivity contribution is 5.50. The highest BCUT2D eigenvalue weighted by Crippen LogP contribution is 2.42. The van der Waals surface area contributed by atoms with Gasteiger partial charge in [0.15, 0.2) is 5.82 Å². The van der Waals surface area contributed by atoms with Gasteiger partial charge in [-0.05, 0) is 12.8 Å². The van der Waals surface area contributed by atoms with E-state index in [4.69, 9.17) is 4.74 Å². The normalized spacial score (nSPS) is 20.4. The van der Waals surface area contributed by atoms with Crippen LogP contribution in [0.5, 0.6) is 5.88 Å². The van der Waals surface area contributed by atoms with Crippen LogP contribution in [0.2, 0.25) is 0 Å². The molecule has 3 rings (SSSR count). The summed E-state index contributed by atoms with van der Waals surface area (Å²) in [6, 6.07) is 0. The maximum absolute atomic E-state index is 5.47. The maximum Gasteiger partial charge on any atom is 0.257 e. The van der Waals surface area contributed by atoms with Gasteiger partial charge in [-0.1, -0.05) is 0 Å². The molecule has 1 aromatic heterocycles. The Morgan fingerprint density at radius 3 is 3.08 bits per heavy atom. The first-order chi connectivity index (χ1) is 6.36. The maximum atomic E-state index is 5.47. The van der Waals surface area contributed by atoms with Crippen LogP contribution in [-0.2, 0) is 7.05 Å². The molecule has 1 fully saturated rings. The summed E-state index contributed by atoms with van der Waals surface area (Å²) in [4.78, 5) is 4.49. The lowest BCUT2D eigenvalue weighted by molar-refractivity contribution is 0.311. The first-order valence-electron chi connectivity index (χ1n) is 4.79. The van der Waals surface area contributed by atoms with Crippen molar-refractivity contribution in [2.45, 2.75) is 18.8 Å². The predicted molar refractivity (Wildman–Crippen MR) is 49.2 cm³/mol. The van der Waals surface area contributed by atoms with Crippen LogP contribution in [0.4, 0.5) is 5.82 Å². The van der Waals surface area contributed by atoms with Gasteiger partial charge in [0.1, 0.15) is 12.4 Å². The van der Waals surface area contributed by atoms with Crippen molar-refractivity contribution in [2.24, 2.45) is 7.05 Å². The van der Waals surface area contributed by atoms with Crippen molar-refractivity contribution in [3.63, 3.8) is 0 Å². The molecule has 0 saturated heterocycles. The molecule has 70 valence electrons. The summed E-state index contributed by atoms with van der Waals surface area (Å²) < 4.78 is 7.60. The summed E-state index contributed by atoms with van der Waals surface area (Å²) in [6.45, 7) is 1.62. The van der Waals surface area contributed by atoms with Gasteiger partial charge in [-0.2, -0.15) is 4.98 Å². The lowest BCUT2D eigenvalue weighted by atomic mass is 10.4. The molecule has 4 heteroatoms. The van der Waals surface area contributed by atoms with Gasteiger partial charge < -0.3 is 14.6 Å². The van der Waals surface area contributed by atoms with E-state index >= 15 is 0 Å². The Kier molecular flexibility index (Phi) is 1.34. The first-order valence-corrected chi connectivity index (χ1v) is 4.79. The third kappa shape index (κ3) is 1.01. The number of hydrogen-bond donors (Lipinski definition) is 1. The molecule has 1 aliphatic carbocycles. The Morgan fingerprint density at radius 1 is 1.54 bits per heavy atom. The Balaban J connectivity index is 2.06. The van der Waals surface area contributed by atoms with Crippen molar-refractivity contribution in [3.05, 3.63) is 5.82 Å². The van der Waals surface area contributed by atoms with E-state index in [9.17, 15) is 0 Å². The molecule has 13 heavy (non-hydrogen) atoms. The predicted octanol–water partition coefficient (Wildman–Crippen LogP) is 1.10. The summed E-state index contributed by atoms with van der Waals surface area (Å²) in [7, 11) is 2.06. The summed E-state index contributed by atoms with van der Waals surface area (Å²) in [5.41, 5.74) is 0. The molecule has 2 heterocycles. The molecule has 0 amide bonds. The molecule has 0 unspecified atom stereocenters. The zero-order chi connectivity index (χ0) is 8.84. The summed E-state index contributed by atoms with van der Waals surface area (Å²) in [6.07, 6.45) is 2.56. The lowest BCUT2D eigenvalue weighted by Crippen LogP contribution is -2.19. The number of imidazole rings is 1. The van der Waals surface area contributed by atoms with Crippen molar-refractivity contribution >= 4 is 5.82 Å². The molecule has 1 N–H and O–H groups in total. The van der Waals surface area contributed by atoms with E-state index < -0.39 is 0 Å². The summed E-state index contributed by atoms with van der Waals surface area (Å²) in [5.74, 6) is 3.70. The number of nitrogens with zero attached hydrogens (tertiary/aromatic N) is 2. The van der Waals surface area contributed by atoms with E-state index in [0.29, 0.717) is 5.92 Å². The molecule has 2 aliphatic rings. The van der Waals surface area contributed by atoms with E-state index in [1.165, 1.54) is 18.7 Å².